The Morgan fingerprint density at radius 1 is 1.00 bits per heavy atom. The first-order valence-electron chi connectivity index (χ1n) is 14.4. The van der Waals surface area contributed by atoms with E-state index in [9.17, 15) is 14.7 Å². The number of unbranched alkanes of at least 4 members (excludes halogenated alkanes) is 7. The number of ketones is 1. The maximum Gasteiger partial charge on any atom is 0.306 e. The minimum Gasteiger partial charge on any atom is -0.462 e. The number of carbonyl (C=O) groups excluding carboxylic acids is 2. The number of hydrogen-bond donors (Lipinski definition) is 1. The van der Waals surface area contributed by atoms with Crippen molar-refractivity contribution in [1.29, 1.82) is 0 Å². The maximum absolute atomic E-state index is 12.7. The molecule has 1 N–H and O–H groups in total. The van der Waals surface area contributed by atoms with Crippen molar-refractivity contribution >= 4 is 11.8 Å². The van der Waals surface area contributed by atoms with Crippen LogP contribution in [0.2, 0.25) is 0 Å². The van der Waals surface area contributed by atoms with Gasteiger partial charge in [-0.1, -0.05) is 65.7 Å². The highest BCUT2D eigenvalue weighted by Crippen LogP contribution is 2.65. The van der Waals surface area contributed by atoms with Gasteiger partial charge in [0.15, 0.2) is 5.78 Å². The van der Waals surface area contributed by atoms with Crippen LogP contribution >= 0.6 is 0 Å². The molecular formula is C30H48O4. The minimum atomic E-state index is -0.499. The van der Waals surface area contributed by atoms with Gasteiger partial charge in [-0.2, -0.15) is 0 Å². The number of rotatable bonds is 10. The van der Waals surface area contributed by atoms with Gasteiger partial charge in [0.1, 0.15) is 6.10 Å². The molecule has 0 aromatic rings. The van der Waals surface area contributed by atoms with Crippen LogP contribution in [-0.4, -0.2) is 29.1 Å². The van der Waals surface area contributed by atoms with E-state index in [1.807, 2.05) is 0 Å². The number of carbonyl (C=O) groups is 2. The Hall–Kier alpha value is -1.16. The minimum absolute atomic E-state index is 0.00775. The molecule has 4 heteroatoms. The Balaban J connectivity index is 1.30. The van der Waals surface area contributed by atoms with Crippen LogP contribution in [0.1, 0.15) is 124 Å². The average Bonchev–Trinajstić information content (AvgIpc) is 3.13. The molecule has 0 aromatic heterocycles. The SMILES string of the molecule is CCCCCCCCCCC(=O)O[C@H]1CCC2C3CC(O)C4=CC(=O)CC[C@]4(C)C3CC[C@@]21C. The van der Waals surface area contributed by atoms with Crippen molar-refractivity contribution in [1.82, 2.24) is 0 Å². The summed E-state index contributed by atoms with van der Waals surface area (Å²) in [6.45, 7) is 6.89. The standard InChI is InChI=1S/C30H48O4/c1-4-5-6-7-8-9-10-11-12-28(33)34-27-14-13-23-22-20-26(32)25-19-21(31)15-17-29(25,2)24(22)16-18-30(23,27)3/h19,22-24,26-27,32H,4-18,20H2,1-3H3/t22?,23?,24?,26?,27-,29+,30-/m0/s1. The molecule has 4 nitrogen and oxygen atoms in total. The summed E-state index contributed by atoms with van der Waals surface area (Å²) in [5.74, 6) is 1.65. The first kappa shape index (κ1) is 25.9. The molecule has 3 fully saturated rings. The third kappa shape index (κ3) is 5.04. The van der Waals surface area contributed by atoms with Crippen LogP contribution in [0.15, 0.2) is 11.6 Å². The van der Waals surface area contributed by atoms with Gasteiger partial charge in [-0.3, -0.25) is 9.59 Å². The van der Waals surface area contributed by atoms with Gasteiger partial charge in [0, 0.05) is 18.3 Å². The van der Waals surface area contributed by atoms with Crippen LogP contribution in [0, 0.1) is 28.6 Å². The molecule has 3 saturated carbocycles. The second kappa shape index (κ2) is 10.8. The van der Waals surface area contributed by atoms with Crippen molar-refractivity contribution < 1.29 is 19.4 Å². The van der Waals surface area contributed by atoms with E-state index in [-0.39, 0.29) is 28.7 Å². The van der Waals surface area contributed by atoms with Gasteiger partial charge in [-0.15, -0.1) is 0 Å². The zero-order chi connectivity index (χ0) is 24.3. The number of aliphatic hydroxyl groups excluding tert-OH is 1. The average molecular weight is 473 g/mol. The second-order valence-electron chi connectivity index (χ2n) is 12.4. The highest BCUT2D eigenvalue weighted by atomic mass is 16.5. The van der Waals surface area contributed by atoms with Crippen LogP contribution in [-0.2, 0) is 14.3 Å². The summed E-state index contributed by atoms with van der Waals surface area (Å²) in [4.78, 5) is 24.8. The van der Waals surface area contributed by atoms with Gasteiger partial charge >= 0.3 is 5.97 Å². The molecule has 0 bridgehead atoms. The third-order valence-corrected chi connectivity index (χ3v) is 10.4. The van der Waals surface area contributed by atoms with E-state index >= 15 is 0 Å². The maximum atomic E-state index is 12.7. The van der Waals surface area contributed by atoms with Gasteiger partial charge in [0.25, 0.3) is 0 Å². The Kier molecular flexibility index (Phi) is 8.27. The summed E-state index contributed by atoms with van der Waals surface area (Å²) in [6.07, 6.45) is 18.2. The summed E-state index contributed by atoms with van der Waals surface area (Å²) in [5, 5.41) is 11.0. The molecule has 0 radical (unpaired) electrons. The summed E-state index contributed by atoms with van der Waals surface area (Å²) in [7, 11) is 0. The molecule has 192 valence electrons. The molecule has 0 heterocycles. The van der Waals surface area contributed by atoms with E-state index in [1.54, 1.807) is 6.08 Å². The number of fused-ring (bicyclic) bond motifs is 5. The molecule has 34 heavy (non-hydrogen) atoms. The van der Waals surface area contributed by atoms with Gasteiger partial charge in [0.05, 0.1) is 6.10 Å². The predicted octanol–water partition coefficient (Wildman–Crippen LogP) is 6.93. The van der Waals surface area contributed by atoms with Crippen LogP contribution in [0.25, 0.3) is 0 Å². The molecule has 4 aliphatic rings. The molecule has 0 saturated heterocycles. The zero-order valence-corrected chi connectivity index (χ0v) is 21.9. The van der Waals surface area contributed by atoms with Gasteiger partial charge in [-0.05, 0) is 79.8 Å². The Bertz CT molecular complexity index is 772. The first-order chi connectivity index (χ1) is 16.3. The Morgan fingerprint density at radius 2 is 1.71 bits per heavy atom. The fraction of sp³-hybridized carbons (Fsp3) is 0.867. The normalized spacial score (nSPS) is 39.1. The van der Waals surface area contributed by atoms with E-state index in [2.05, 4.69) is 20.8 Å². The topological polar surface area (TPSA) is 63.6 Å². The highest BCUT2D eigenvalue weighted by Gasteiger charge is 2.61. The summed E-state index contributed by atoms with van der Waals surface area (Å²) in [6, 6.07) is 0. The lowest BCUT2D eigenvalue weighted by molar-refractivity contribution is -0.161. The quantitative estimate of drug-likeness (QED) is 0.276. The van der Waals surface area contributed by atoms with Crippen molar-refractivity contribution in [2.24, 2.45) is 28.6 Å². The number of aliphatic hydroxyl groups is 1. The number of hydrogen-bond acceptors (Lipinski definition) is 4. The van der Waals surface area contributed by atoms with Crippen LogP contribution in [0.5, 0.6) is 0 Å². The van der Waals surface area contributed by atoms with E-state index in [1.165, 1.54) is 38.5 Å². The number of ether oxygens (including phenoxy) is 1. The molecule has 4 rings (SSSR count). The van der Waals surface area contributed by atoms with E-state index in [0.717, 1.165) is 56.9 Å². The zero-order valence-electron chi connectivity index (χ0n) is 21.9. The fourth-order valence-corrected chi connectivity index (χ4v) is 8.37. The van der Waals surface area contributed by atoms with Gasteiger partial charge in [0.2, 0.25) is 0 Å². The van der Waals surface area contributed by atoms with Crippen LogP contribution in [0.4, 0.5) is 0 Å². The lowest BCUT2D eigenvalue weighted by Gasteiger charge is -2.58. The monoisotopic (exact) mass is 472 g/mol. The Morgan fingerprint density at radius 3 is 2.44 bits per heavy atom. The lowest BCUT2D eigenvalue weighted by atomic mass is 9.47. The highest BCUT2D eigenvalue weighted by molar-refractivity contribution is 5.91. The summed E-state index contributed by atoms with van der Waals surface area (Å²) >= 11 is 0. The van der Waals surface area contributed by atoms with Crippen molar-refractivity contribution in [2.75, 3.05) is 0 Å². The van der Waals surface area contributed by atoms with Crippen molar-refractivity contribution in [3.8, 4) is 0 Å². The summed E-state index contributed by atoms with van der Waals surface area (Å²) in [5.41, 5.74) is 0.973. The molecule has 7 atom stereocenters. The van der Waals surface area contributed by atoms with E-state index in [0.29, 0.717) is 30.6 Å². The Labute approximate surface area is 207 Å². The molecule has 0 amide bonds. The molecular weight excluding hydrogens is 424 g/mol. The van der Waals surface area contributed by atoms with Crippen molar-refractivity contribution in [2.45, 2.75) is 136 Å². The molecule has 0 aromatic carbocycles. The first-order valence-corrected chi connectivity index (χ1v) is 14.4. The van der Waals surface area contributed by atoms with Crippen molar-refractivity contribution in [3.05, 3.63) is 11.6 Å². The van der Waals surface area contributed by atoms with Crippen LogP contribution in [0.3, 0.4) is 0 Å². The smallest absolute Gasteiger partial charge is 0.306 e. The second-order valence-corrected chi connectivity index (χ2v) is 12.4. The van der Waals surface area contributed by atoms with Crippen LogP contribution < -0.4 is 0 Å². The summed E-state index contributed by atoms with van der Waals surface area (Å²) < 4.78 is 6.14. The predicted molar refractivity (Wildman–Crippen MR) is 135 cm³/mol. The van der Waals surface area contributed by atoms with Gasteiger partial charge < -0.3 is 9.84 Å². The number of esters is 1. The molecule has 4 unspecified atom stereocenters. The molecule has 4 aliphatic carbocycles. The largest absolute Gasteiger partial charge is 0.462 e. The van der Waals surface area contributed by atoms with Gasteiger partial charge in [-0.25, -0.2) is 0 Å². The molecule has 0 aliphatic heterocycles. The van der Waals surface area contributed by atoms with E-state index < -0.39 is 6.10 Å². The van der Waals surface area contributed by atoms with Crippen molar-refractivity contribution in [3.63, 3.8) is 0 Å². The molecule has 0 spiro atoms. The van der Waals surface area contributed by atoms with E-state index in [4.69, 9.17) is 4.74 Å². The third-order valence-electron chi connectivity index (χ3n) is 10.4. The fourth-order valence-electron chi connectivity index (χ4n) is 8.37. The lowest BCUT2D eigenvalue weighted by Crippen LogP contribution is -2.54.